The SMILES string of the molecule is [O]CCCCCCCCCCCCCCCc1ccccc1. The Morgan fingerprint density at radius 2 is 0.909 bits per heavy atom. The van der Waals surface area contributed by atoms with Crippen LogP contribution in [0.15, 0.2) is 30.3 Å². The van der Waals surface area contributed by atoms with Crippen LogP contribution in [0.4, 0.5) is 0 Å². The van der Waals surface area contributed by atoms with E-state index >= 15 is 0 Å². The summed E-state index contributed by atoms with van der Waals surface area (Å²) in [6, 6.07) is 10.8. The van der Waals surface area contributed by atoms with Gasteiger partial charge in [-0.3, -0.25) is 0 Å². The van der Waals surface area contributed by atoms with Gasteiger partial charge < -0.3 is 0 Å². The first kappa shape index (κ1) is 19.2. The molecule has 0 saturated heterocycles. The van der Waals surface area contributed by atoms with Gasteiger partial charge in [-0.1, -0.05) is 101 Å². The van der Waals surface area contributed by atoms with E-state index in [1.54, 1.807) is 0 Å². The molecular formula is C21H35O. The standard InChI is InChI=1S/C21H35O/c22-20-16-11-9-7-5-3-1-2-4-6-8-10-13-17-21-18-14-12-15-19-21/h12,14-15,18-19H,1-11,13,16-17,20H2. The van der Waals surface area contributed by atoms with Crippen molar-refractivity contribution in [2.75, 3.05) is 6.61 Å². The van der Waals surface area contributed by atoms with Crippen LogP contribution in [0.5, 0.6) is 0 Å². The minimum Gasteiger partial charge on any atom is -0.237 e. The number of benzene rings is 1. The largest absolute Gasteiger partial charge is 0.237 e. The van der Waals surface area contributed by atoms with Crippen molar-refractivity contribution < 1.29 is 5.11 Å². The lowest BCUT2D eigenvalue weighted by Gasteiger charge is -2.03. The van der Waals surface area contributed by atoms with Gasteiger partial charge in [0, 0.05) is 0 Å². The van der Waals surface area contributed by atoms with E-state index in [2.05, 4.69) is 30.3 Å². The molecule has 1 nitrogen and oxygen atoms in total. The molecule has 125 valence electrons. The lowest BCUT2D eigenvalue weighted by atomic mass is 10.0. The van der Waals surface area contributed by atoms with E-state index in [0.717, 1.165) is 12.8 Å². The van der Waals surface area contributed by atoms with Crippen molar-refractivity contribution in [3.8, 4) is 0 Å². The number of hydrogen-bond acceptors (Lipinski definition) is 0. The van der Waals surface area contributed by atoms with Gasteiger partial charge >= 0.3 is 0 Å². The average Bonchev–Trinajstić information content (AvgIpc) is 2.56. The van der Waals surface area contributed by atoms with Crippen LogP contribution in [0, 0.1) is 0 Å². The van der Waals surface area contributed by atoms with Crippen molar-refractivity contribution in [1.29, 1.82) is 0 Å². The Morgan fingerprint density at radius 3 is 1.36 bits per heavy atom. The summed E-state index contributed by atoms with van der Waals surface area (Å²) in [6.45, 7) is 0.116. The van der Waals surface area contributed by atoms with Gasteiger partial charge in [-0.15, -0.1) is 0 Å². The van der Waals surface area contributed by atoms with E-state index in [1.807, 2.05) is 0 Å². The molecule has 0 amide bonds. The number of unbranched alkanes of at least 4 members (excludes halogenated alkanes) is 12. The third-order valence-corrected chi connectivity index (χ3v) is 4.45. The molecule has 22 heavy (non-hydrogen) atoms. The summed E-state index contributed by atoms with van der Waals surface area (Å²) in [7, 11) is 0. The van der Waals surface area contributed by atoms with Gasteiger partial charge in [0.15, 0.2) is 0 Å². The molecule has 1 aromatic rings. The molecule has 0 atom stereocenters. The summed E-state index contributed by atoms with van der Waals surface area (Å²) >= 11 is 0. The van der Waals surface area contributed by atoms with Gasteiger partial charge in [-0.05, 0) is 24.8 Å². The molecule has 0 N–H and O–H groups in total. The highest BCUT2D eigenvalue weighted by atomic mass is 16.2. The first-order valence-electron chi connectivity index (χ1n) is 9.55. The highest BCUT2D eigenvalue weighted by Gasteiger charge is 1.95. The molecule has 1 aromatic carbocycles. The minimum atomic E-state index is 0.116. The summed E-state index contributed by atoms with van der Waals surface area (Å²) in [4.78, 5) is 0. The van der Waals surface area contributed by atoms with Crippen LogP contribution in [0.3, 0.4) is 0 Å². The zero-order valence-corrected chi connectivity index (χ0v) is 14.4. The normalized spacial score (nSPS) is 11.0. The Kier molecular flexibility index (Phi) is 13.2. The monoisotopic (exact) mass is 303 g/mol. The molecule has 1 heteroatoms. The van der Waals surface area contributed by atoms with Gasteiger partial charge in [0.05, 0.1) is 6.61 Å². The molecule has 0 aliphatic rings. The summed E-state index contributed by atoms with van der Waals surface area (Å²) in [6.07, 6.45) is 18.4. The van der Waals surface area contributed by atoms with Crippen molar-refractivity contribution >= 4 is 0 Å². The van der Waals surface area contributed by atoms with Gasteiger partial charge in [-0.25, -0.2) is 5.11 Å². The Balaban J connectivity index is 1.73. The van der Waals surface area contributed by atoms with E-state index in [0.29, 0.717) is 0 Å². The average molecular weight is 304 g/mol. The van der Waals surface area contributed by atoms with E-state index in [1.165, 1.54) is 82.6 Å². The topological polar surface area (TPSA) is 19.9 Å². The van der Waals surface area contributed by atoms with Crippen LogP contribution in [-0.4, -0.2) is 6.61 Å². The number of rotatable bonds is 15. The fourth-order valence-corrected chi connectivity index (χ4v) is 3.02. The third-order valence-electron chi connectivity index (χ3n) is 4.45. The molecule has 1 rings (SSSR count). The van der Waals surface area contributed by atoms with Crippen LogP contribution in [0.1, 0.15) is 89.0 Å². The number of aryl methyl sites for hydroxylation is 1. The summed E-state index contributed by atoms with van der Waals surface area (Å²) in [5.74, 6) is 0. The fraction of sp³-hybridized carbons (Fsp3) is 0.714. The maximum absolute atomic E-state index is 10.3. The Bertz CT molecular complexity index is 320. The lowest BCUT2D eigenvalue weighted by molar-refractivity contribution is 0.186. The minimum absolute atomic E-state index is 0.116. The lowest BCUT2D eigenvalue weighted by Crippen LogP contribution is -1.86. The van der Waals surface area contributed by atoms with Gasteiger partial charge in [0.1, 0.15) is 0 Å². The van der Waals surface area contributed by atoms with Crippen molar-refractivity contribution in [1.82, 2.24) is 0 Å². The van der Waals surface area contributed by atoms with Gasteiger partial charge in [0.2, 0.25) is 0 Å². The van der Waals surface area contributed by atoms with Crippen molar-refractivity contribution in [2.24, 2.45) is 0 Å². The maximum atomic E-state index is 10.3. The second-order valence-corrected chi connectivity index (χ2v) is 6.54. The summed E-state index contributed by atoms with van der Waals surface area (Å²) in [5.41, 5.74) is 1.48. The van der Waals surface area contributed by atoms with Crippen LogP contribution in [0.2, 0.25) is 0 Å². The molecule has 0 unspecified atom stereocenters. The molecule has 0 spiro atoms. The molecule has 0 aromatic heterocycles. The smallest absolute Gasteiger partial charge is 0.0822 e. The maximum Gasteiger partial charge on any atom is 0.0822 e. The highest BCUT2D eigenvalue weighted by Crippen LogP contribution is 2.13. The zero-order valence-electron chi connectivity index (χ0n) is 14.4. The Hall–Kier alpha value is -0.820. The van der Waals surface area contributed by atoms with Crippen LogP contribution >= 0.6 is 0 Å². The molecule has 1 radical (unpaired) electrons. The number of hydrogen-bond donors (Lipinski definition) is 0. The first-order valence-corrected chi connectivity index (χ1v) is 9.55. The Morgan fingerprint density at radius 1 is 0.500 bits per heavy atom. The quantitative estimate of drug-likeness (QED) is 0.320. The molecule has 0 saturated carbocycles. The van der Waals surface area contributed by atoms with Gasteiger partial charge in [-0.2, -0.15) is 0 Å². The van der Waals surface area contributed by atoms with Crippen LogP contribution in [0.25, 0.3) is 0 Å². The van der Waals surface area contributed by atoms with Crippen LogP contribution in [-0.2, 0) is 11.5 Å². The highest BCUT2D eigenvalue weighted by molar-refractivity contribution is 5.14. The first-order chi connectivity index (χ1) is 10.9. The molecular weight excluding hydrogens is 268 g/mol. The predicted octanol–water partition coefficient (Wildman–Crippen LogP) is 6.73. The Labute approximate surface area is 138 Å². The molecule has 0 bridgehead atoms. The summed E-state index contributed by atoms with van der Waals surface area (Å²) in [5, 5.41) is 10.3. The second kappa shape index (κ2) is 15.1. The van der Waals surface area contributed by atoms with E-state index in [-0.39, 0.29) is 6.61 Å². The van der Waals surface area contributed by atoms with Gasteiger partial charge in [0.25, 0.3) is 0 Å². The third kappa shape index (κ3) is 11.8. The second-order valence-electron chi connectivity index (χ2n) is 6.54. The summed E-state index contributed by atoms with van der Waals surface area (Å²) < 4.78 is 0. The molecule has 0 aliphatic carbocycles. The van der Waals surface area contributed by atoms with Crippen molar-refractivity contribution in [3.63, 3.8) is 0 Å². The van der Waals surface area contributed by atoms with Crippen LogP contribution < -0.4 is 0 Å². The molecule has 0 fully saturated rings. The molecule has 0 heterocycles. The van der Waals surface area contributed by atoms with Crippen molar-refractivity contribution in [2.45, 2.75) is 89.9 Å². The van der Waals surface area contributed by atoms with Crippen molar-refractivity contribution in [3.05, 3.63) is 35.9 Å². The fourth-order valence-electron chi connectivity index (χ4n) is 3.02. The van der Waals surface area contributed by atoms with E-state index in [9.17, 15) is 5.11 Å². The molecule has 0 aliphatic heterocycles. The predicted molar refractivity (Wildman–Crippen MR) is 95.7 cm³/mol. The van der Waals surface area contributed by atoms with E-state index in [4.69, 9.17) is 0 Å². The van der Waals surface area contributed by atoms with E-state index < -0.39 is 0 Å². The zero-order chi connectivity index (χ0) is 15.7.